The molecule has 66 valence electrons. The summed E-state index contributed by atoms with van der Waals surface area (Å²) in [6, 6.07) is 8.20. The first-order chi connectivity index (χ1) is 6.42. The Morgan fingerprint density at radius 2 is 2.23 bits per heavy atom. The van der Waals surface area contributed by atoms with Gasteiger partial charge in [0.05, 0.1) is 10.2 Å². The van der Waals surface area contributed by atoms with Crippen LogP contribution in [-0.2, 0) is 4.55 Å². The Kier molecular flexibility index (Phi) is 2.63. The Balaban J connectivity index is 2.47. The fourth-order valence-corrected chi connectivity index (χ4v) is 1.89. The van der Waals surface area contributed by atoms with Crippen LogP contribution in [0.1, 0.15) is 0 Å². The molecule has 2 heterocycles. The first-order valence-corrected chi connectivity index (χ1v) is 5.56. The van der Waals surface area contributed by atoms with Gasteiger partial charge in [-0.15, -0.1) is 0 Å². The molecule has 0 saturated carbocycles. The normalized spacial score (nSPS) is 10.2. The first kappa shape index (κ1) is 8.74. The molecule has 3 heteroatoms. The van der Waals surface area contributed by atoms with Crippen LogP contribution in [0.25, 0.3) is 11.3 Å². The zero-order chi connectivity index (χ0) is 9.10. The average Bonchev–Trinajstić information content (AvgIpc) is 2.67. The van der Waals surface area contributed by atoms with Gasteiger partial charge in [0, 0.05) is 24.2 Å². The minimum Gasteiger partial charge on any atom is -0.338 e. The lowest BCUT2D eigenvalue weighted by Crippen LogP contribution is -1.92. The average molecular weight is 284 g/mol. The molecule has 0 amide bonds. The van der Waals surface area contributed by atoms with Crippen LogP contribution in [0.5, 0.6) is 0 Å². The summed E-state index contributed by atoms with van der Waals surface area (Å²) in [5.41, 5.74) is 2.40. The third-order valence-electron chi connectivity index (χ3n) is 1.92. The molecule has 0 spiro atoms. The summed E-state index contributed by atoms with van der Waals surface area (Å²) in [6.45, 7) is 0. The van der Waals surface area contributed by atoms with E-state index in [4.69, 9.17) is 0 Å². The molecular weight excluding hydrogens is 275 g/mol. The maximum absolute atomic E-state index is 4.10. The van der Waals surface area contributed by atoms with Crippen molar-refractivity contribution >= 4 is 22.6 Å². The predicted octanol–water partition coefficient (Wildman–Crippen LogP) is 2.94. The van der Waals surface area contributed by atoms with Gasteiger partial charge >= 0.3 is 0 Å². The molecule has 0 radical (unpaired) electrons. The zero-order valence-corrected chi connectivity index (χ0v) is 9.18. The summed E-state index contributed by atoms with van der Waals surface area (Å²) in [5.74, 6) is 0. The number of hydrogen-bond donors (Lipinski definition) is 0. The van der Waals surface area contributed by atoms with Crippen LogP contribution >= 0.6 is 22.6 Å². The van der Waals surface area contributed by atoms with Gasteiger partial charge in [-0.25, -0.2) is 0 Å². The molecule has 0 aromatic carbocycles. The molecule has 0 aliphatic heterocycles. The van der Waals surface area contributed by atoms with Crippen molar-refractivity contribution in [2.24, 2.45) is 0 Å². The van der Waals surface area contributed by atoms with Gasteiger partial charge in [-0.1, -0.05) is 22.6 Å². The molecule has 2 nitrogen and oxygen atoms in total. The van der Waals surface area contributed by atoms with Gasteiger partial charge in [-0.05, 0) is 24.3 Å². The first-order valence-electron chi connectivity index (χ1n) is 4.03. The third-order valence-corrected chi connectivity index (χ3v) is 2.65. The van der Waals surface area contributed by atoms with Crippen molar-refractivity contribution in [2.45, 2.75) is 4.55 Å². The van der Waals surface area contributed by atoms with Crippen LogP contribution < -0.4 is 0 Å². The topological polar surface area (TPSA) is 17.8 Å². The molecule has 0 bridgehead atoms. The van der Waals surface area contributed by atoms with Gasteiger partial charge in [0.15, 0.2) is 0 Å². The summed E-state index contributed by atoms with van der Waals surface area (Å²) in [5, 5.41) is 0. The zero-order valence-electron chi connectivity index (χ0n) is 7.02. The lowest BCUT2D eigenvalue weighted by atomic mass is 10.2. The Bertz CT molecular complexity index is 381. The summed E-state index contributed by atoms with van der Waals surface area (Å²) < 4.78 is 3.16. The van der Waals surface area contributed by atoms with Gasteiger partial charge < -0.3 is 4.57 Å². The molecular formula is C10H9IN2. The summed E-state index contributed by atoms with van der Waals surface area (Å²) >= 11 is 2.34. The van der Waals surface area contributed by atoms with E-state index in [2.05, 4.69) is 56.5 Å². The molecule has 2 rings (SSSR count). The number of rotatable bonds is 2. The highest BCUT2D eigenvalue weighted by Crippen LogP contribution is 2.19. The monoisotopic (exact) mass is 284 g/mol. The van der Waals surface area contributed by atoms with E-state index < -0.39 is 0 Å². The Morgan fingerprint density at radius 3 is 2.92 bits per heavy atom. The van der Waals surface area contributed by atoms with E-state index in [9.17, 15) is 0 Å². The van der Waals surface area contributed by atoms with Crippen LogP contribution in [0, 0.1) is 0 Å². The number of halogens is 1. The highest BCUT2D eigenvalue weighted by molar-refractivity contribution is 14.1. The van der Waals surface area contributed by atoms with Crippen LogP contribution in [0.2, 0.25) is 0 Å². The highest BCUT2D eigenvalue weighted by Gasteiger charge is 2.01. The smallest absolute Gasteiger partial charge is 0.0742 e. The van der Waals surface area contributed by atoms with E-state index in [1.807, 2.05) is 12.3 Å². The largest absolute Gasteiger partial charge is 0.338 e. The molecule has 0 saturated heterocycles. The van der Waals surface area contributed by atoms with Crippen molar-refractivity contribution in [3.05, 3.63) is 42.9 Å². The molecule has 0 atom stereocenters. The Morgan fingerprint density at radius 1 is 1.31 bits per heavy atom. The van der Waals surface area contributed by atoms with E-state index in [0.29, 0.717) is 0 Å². The van der Waals surface area contributed by atoms with E-state index in [1.54, 1.807) is 6.20 Å². The van der Waals surface area contributed by atoms with Crippen molar-refractivity contribution in [3.63, 3.8) is 0 Å². The lowest BCUT2D eigenvalue weighted by Gasteiger charge is -2.04. The standard InChI is InChI=1S/C10H9IN2/c11-8-13-6-2-4-10(13)9-3-1-5-12-7-9/h1-7H,8H2. The van der Waals surface area contributed by atoms with E-state index in [-0.39, 0.29) is 0 Å². The molecule has 2 aromatic rings. The summed E-state index contributed by atoms with van der Waals surface area (Å²) in [7, 11) is 0. The molecule has 13 heavy (non-hydrogen) atoms. The molecule has 2 aromatic heterocycles. The molecule has 0 aliphatic carbocycles. The Hall–Kier alpha value is -0.840. The number of nitrogens with zero attached hydrogens (tertiary/aromatic N) is 2. The molecule has 0 unspecified atom stereocenters. The maximum Gasteiger partial charge on any atom is 0.0742 e. The Labute approximate surface area is 90.8 Å². The number of aromatic nitrogens is 2. The SMILES string of the molecule is ICn1cccc1-c1cccnc1. The summed E-state index contributed by atoms with van der Waals surface area (Å²) in [4.78, 5) is 4.10. The van der Waals surface area contributed by atoms with Crippen molar-refractivity contribution in [1.29, 1.82) is 0 Å². The minimum absolute atomic E-state index is 0.967. The number of pyridine rings is 1. The van der Waals surface area contributed by atoms with E-state index in [1.165, 1.54) is 11.3 Å². The second-order valence-corrected chi connectivity index (χ2v) is 3.41. The predicted molar refractivity (Wildman–Crippen MR) is 61.7 cm³/mol. The second kappa shape index (κ2) is 3.91. The maximum atomic E-state index is 4.10. The number of hydrogen-bond acceptors (Lipinski definition) is 1. The van der Waals surface area contributed by atoms with E-state index in [0.717, 1.165) is 4.55 Å². The van der Waals surface area contributed by atoms with Crippen molar-refractivity contribution < 1.29 is 0 Å². The molecule has 0 fully saturated rings. The van der Waals surface area contributed by atoms with Crippen LogP contribution in [0.3, 0.4) is 0 Å². The number of alkyl halides is 1. The summed E-state index contributed by atoms with van der Waals surface area (Å²) in [6.07, 6.45) is 5.76. The fourth-order valence-electron chi connectivity index (χ4n) is 1.29. The second-order valence-electron chi connectivity index (χ2n) is 2.72. The highest BCUT2D eigenvalue weighted by atomic mass is 127. The van der Waals surface area contributed by atoms with Gasteiger partial charge in [-0.3, -0.25) is 4.98 Å². The fraction of sp³-hybridized carbons (Fsp3) is 0.100. The van der Waals surface area contributed by atoms with Crippen molar-refractivity contribution in [3.8, 4) is 11.3 Å². The van der Waals surface area contributed by atoms with Crippen molar-refractivity contribution in [1.82, 2.24) is 9.55 Å². The van der Waals surface area contributed by atoms with Crippen LogP contribution in [0.4, 0.5) is 0 Å². The van der Waals surface area contributed by atoms with Crippen molar-refractivity contribution in [2.75, 3.05) is 0 Å². The van der Waals surface area contributed by atoms with Gasteiger partial charge in [0.1, 0.15) is 0 Å². The minimum atomic E-state index is 0.967. The third kappa shape index (κ3) is 1.75. The quantitative estimate of drug-likeness (QED) is 0.612. The molecule has 0 aliphatic rings. The van der Waals surface area contributed by atoms with E-state index >= 15 is 0 Å². The van der Waals surface area contributed by atoms with Gasteiger partial charge in [0.2, 0.25) is 0 Å². The van der Waals surface area contributed by atoms with Crippen LogP contribution in [0.15, 0.2) is 42.9 Å². The van der Waals surface area contributed by atoms with Gasteiger partial charge in [0.25, 0.3) is 0 Å². The lowest BCUT2D eigenvalue weighted by molar-refractivity contribution is 0.936. The molecule has 0 N–H and O–H groups in total. The van der Waals surface area contributed by atoms with Gasteiger partial charge in [-0.2, -0.15) is 0 Å². The van der Waals surface area contributed by atoms with Crippen LogP contribution in [-0.4, -0.2) is 9.55 Å².